The van der Waals surface area contributed by atoms with Crippen molar-refractivity contribution >= 4 is 11.8 Å². The maximum absolute atomic E-state index is 12.6. The minimum absolute atomic E-state index is 0.00517. The van der Waals surface area contributed by atoms with Gasteiger partial charge in [0, 0.05) is 12.3 Å². The highest BCUT2D eigenvalue weighted by Gasteiger charge is 2.69. The molecular weight excluding hydrogens is 288 g/mol. The maximum Gasteiger partial charge on any atom is 0.320 e. The predicted molar refractivity (Wildman–Crippen MR) is 87.6 cm³/mol. The van der Waals surface area contributed by atoms with E-state index >= 15 is 0 Å². The molecule has 3 aliphatic carbocycles. The Morgan fingerprint density at radius 1 is 1.26 bits per heavy atom. The minimum atomic E-state index is -0.932. The number of ketones is 1. The van der Waals surface area contributed by atoms with Crippen LogP contribution in [-0.4, -0.2) is 17.9 Å². The summed E-state index contributed by atoms with van der Waals surface area (Å²) in [4.78, 5) is 25.1. The molecule has 0 amide bonds. The molecule has 1 heterocycles. The van der Waals surface area contributed by atoms with E-state index in [4.69, 9.17) is 4.74 Å². The first-order chi connectivity index (χ1) is 10.7. The van der Waals surface area contributed by atoms with Crippen molar-refractivity contribution in [2.24, 2.45) is 28.1 Å². The third-order valence-electron chi connectivity index (χ3n) is 7.53. The molecular formula is C20H26O3. The second-order valence-electron chi connectivity index (χ2n) is 8.85. The number of carbonyl (C=O) groups is 2. The highest BCUT2D eigenvalue weighted by atomic mass is 16.6. The van der Waals surface area contributed by atoms with Crippen LogP contribution in [0.15, 0.2) is 24.3 Å². The second kappa shape index (κ2) is 4.37. The number of rotatable bonds is 1. The Morgan fingerprint density at radius 2 is 2.00 bits per heavy atom. The molecule has 0 aromatic carbocycles. The van der Waals surface area contributed by atoms with Gasteiger partial charge in [-0.3, -0.25) is 9.59 Å². The molecule has 6 atom stereocenters. The standard InChI is InChI=1S/C20H26O3/c1-5-18(2)8-6-13-12(11-18)10-14-16-19(13,3)9-7-15(21)20(16,4)17(22)23-14/h5,10,13-14,16H,1,6-9,11H2,2-4H3/t13-,14-,16+,18+,19+,20?/m0/s1. The largest absolute Gasteiger partial charge is 0.457 e. The monoisotopic (exact) mass is 314 g/mol. The first-order valence-electron chi connectivity index (χ1n) is 8.83. The number of Topliss-reactive ketones (excluding diaryl/α,β-unsaturated/α-hetero) is 1. The van der Waals surface area contributed by atoms with E-state index in [0.29, 0.717) is 12.3 Å². The molecule has 1 saturated heterocycles. The Labute approximate surface area is 138 Å². The summed E-state index contributed by atoms with van der Waals surface area (Å²) in [7, 11) is 0. The van der Waals surface area contributed by atoms with Crippen LogP contribution in [-0.2, 0) is 14.3 Å². The van der Waals surface area contributed by atoms with Crippen molar-refractivity contribution in [1.82, 2.24) is 0 Å². The van der Waals surface area contributed by atoms with Crippen LogP contribution in [0.3, 0.4) is 0 Å². The third-order valence-corrected chi connectivity index (χ3v) is 7.53. The van der Waals surface area contributed by atoms with Gasteiger partial charge in [-0.05, 0) is 55.4 Å². The molecule has 0 bridgehead atoms. The van der Waals surface area contributed by atoms with E-state index in [0.717, 1.165) is 25.7 Å². The van der Waals surface area contributed by atoms with Crippen LogP contribution in [0.4, 0.5) is 0 Å². The number of carbonyl (C=O) groups excluding carboxylic acids is 2. The van der Waals surface area contributed by atoms with Crippen LogP contribution in [0.1, 0.15) is 52.9 Å². The lowest BCUT2D eigenvalue weighted by Gasteiger charge is -2.56. The number of hydrogen-bond acceptors (Lipinski definition) is 3. The van der Waals surface area contributed by atoms with Crippen LogP contribution in [0.5, 0.6) is 0 Å². The molecule has 3 fully saturated rings. The van der Waals surface area contributed by atoms with E-state index in [9.17, 15) is 9.59 Å². The molecule has 1 unspecified atom stereocenters. The molecule has 124 valence electrons. The summed E-state index contributed by atoms with van der Waals surface area (Å²) in [6.07, 6.45) is 8.67. The summed E-state index contributed by atoms with van der Waals surface area (Å²) >= 11 is 0. The van der Waals surface area contributed by atoms with E-state index in [1.165, 1.54) is 5.57 Å². The predicted octanol–water partition coefficient (Wildman–Crippen LogP) is 3.84. The summed E-state index contributed by atoms with van der Waals surface area (Å²) in [6, 6.07) is 0. The van der Waals surface area contributed by atoms with Gasteiger partial charge in [0.2, 0.25) is 0 Å². The van der Waals surface area contributed by atoms with Gasteiger partial charge in [0.05, 0.1) is 0 Å². The highest BCUT2D eigenvalue weighted by Crippen LogP contribution is 2.65. The Kier molecular flexibility index (Phi) is 2.88. The zero-order valence-electron chi connectivity index (χ0n) is 14.4. The lowest BCUT2D eigenvalue weighted by Crippen LogP contribution is -2.57. The van der Waals surface area contributed by atoms with Crippen LogP contribution in [0, 0.1) is 28.1 Å². The average molecular weight is 314 g/mol. The molecule has 0 aromatic rings. The Balaban J connectivity index is 1.83. The first-order valence-corrected chi connectivity index (χ1v) is 8.83. The van der Waals surface area contributed by atoms with Gasteiger partial charge in [-0.1, -0.05) is 25.5 Å². The SMILES string of the molecule is C=C[C@]1(C)CC[C@H]2C(=C[C@@H]3OC(=O)C4(C)C(=O)CC[C@@]2(C)[C@@H]34)C1. The lowest BCUT2D eigenvalue weighted by molar-refractivity contribution is -0.155. The van der Waals surface area contributed by atoms with Gasteiger partial charge < -0.3 is 4.74 Å². The first kappa shape index (κ1) is 15.2. The summed E-state index contributed by atoms with van der Waals surface area (Å²) in [6.45, 7) is 10.4. The fourth-order valence-corrected chi connectivity index (χ4v) is 6.06. The van der Waals surface area contributed by atoms with E-state index in [2.05, 4.69) is 32.6 Å². The molecule has 23 heavy (non-hydrogen) atoms. The molecule has 2 saturated carbocycles. The smallest absolute Gasteiger partial charge is 0.320 e. The third kappa shape index (κ3) is 1.71. The fraction of sp³-hybridized carbons (Fsp3) is 0.700. The van der Waals surface area contributed by atoms with Crippen LogP contribution in [0.2, 0.25) is 0 Å². The number of esters is 1. The molecule has 3 heteroatoms. The molecule has 4 rings (SSSR count). The van der Waals surface area contributed by atoms with Crippen molar-refractivity contribution in [1.29, 1.82) is 0 Å². The Morgan fingerprint density at radius 3 is 2.70 bits per heavy atom. The van der Waals surface area contributed by atoms with Crippen molar-refractivity contribution < 1.29 is 14.3 Å². The van der Waals surface area contributed by atoms with Crippen molar-refractivity contribution in [3.63, 3.8) is 0 Å². The average Bonchev–Trinajstić information content (AvgIpc) is 2.77. The zero-order valence-corrected chi connectivity index (χ0v) is 14.4. The van der Waals surface area contributed by atoms with Gasteiger partial charge in [0.15, 0.2) is 0 Å². The number of ether oxygens (including phenoxy) is 1. The topological polar surface area (TPSA) is 43.4 Å². The maximum atomic E-state index is 12.6. The molecule has 3 nitrogen and oxygen atoms in total. The van der Waals surface area contributed by atoms with Gasteiger partial charge in [0.1, 0.15) is 17.3 Å². The zero-order chi connectivity index (χ0) is 16.6. The van der Waals surface area contributed by atoms with Gasteiger partial charge in [-0.15, -0.1) is 6.58 Å². The van der Waals surface area contributed by atoms with E-state index < -0.39 is 5.41 Å². The number of allylic oxidation sites excluding steroid dienone is 2. The minimum Gasteiger partial charge on any atom is -0.457 e. The number of fused-ring (bicyclic) bond motifs is 2. The van der Waals surface area contributed by atoms with Crippen molar-refractivity contribution in [2.45, 2.75) is 59.0 Å². The van der Waals surface area contributed by atoms with Crippen LogP contribution < -0.4 is 0 Å². The fourth-order valence-electron chi connectivity index (χ4n) is 6.06. The molecule has 0 N–H and O–H groups in total. The summed E-state index contributed by atoms with van der Waals surface area (Å²) in [5.74, 6) is 0.255. The van der Waals surface area contributed by atoms with E-state index in [-0.39, 0.29) is 34.6 Å². The second-order valence-corrected chi connectivity index (χ2v) is 8.85. The van der Waals surface area contributed by atoms with Crippen LogP contribution >= 0.6 is 0 Å². The Bertz CT molecular complexity index is 647. The summed E-state index contributed by atoms with van der Waals surface area (Å²) in [5, 5.41) is 0. The number of hydrogen-bond donors (Lipinski definition) is 0. The van der Waals surface area contributed by atoms with E-state index in [1.54, 1.807) is 0 Å². The quantitative estimate of drug-likeness (QED) is 0.419. The molecule has 4 aliphatic rings. The van der Waals surface area contributed by atoms with Gasteiger partial charge >= 0.3 is 5.97 Å². The van der Waals surface area contributed by atoms with E-state index in [1.807, 2.05) is 6.92 Å². The molecule has 0 aromatic heterocycles. The Hall–Kier alpha value is -1.38. The molecule has 0 radical (unpaired) electrons. The van der Waals surface area contributed by atoms with Crippen molar-refractivity contribution in [3.05, 3.63) is 24.3 Å². The highest BCUT2D eigenvalue weighted by molar-refractivity contribution is 6.06. The molecule has 1 aliphatic heterocycles. The molecule has 0 spiro atoms. The summed E-state index contributed by atoms with van der Waals surface area (Å²) in [5.41, 5.74) is 0.626. The summed E-state index contributed by atoms with van der Waals surface area (Å²) < 4.78 is 5.71. The van der Waals surface area contributed by atoms with Gasteiger partial charge in [0.25, 0.3) is 0 Å². The van der Waals surface area contributed by atoms with Crippen molar-refractivity contribution in [2.75, 3.05) is 0 Å². The van der Waals surface area contributed by atoms with Crippen LogP contribution in [0.25, 0.3) is 0 Å². The lowest BCUT2D eigenvalue weighted by atomic mass is 9.45. The van der Waals surface area contributed by atoms with Gasteiger partial charge in [-0.2, -0.15) is 0 Å². The van der Waals surface area contributed by atoms with Gasteiger partial charge in [-0.25, -0.2) is 0 Å². The normalized spacial score (nSPS) is 51.4. The van der Waals surface area contributed by atoms with Crippen molar-refractivity contribution in [3.8, 4) is 0 Å².